The Balaban J connectivity index is 1.40. The third-order valence-electron chi connectivity index (χ3n) is 5.73. The second-order valence-electron chi connectivity index (χ2n) is 7.80. The lowest BCUT2D eigenvalue weighted by Gasteiger charge is -2.44. The van der Waals surface area contributed by atoms with Crippen LogP contribution in [0.3, 0.4) is 0 Å². The Kier molecular flexibility index (Phi) is 5.75. The molecule has 4 heteroatoms. The number of nitrogens with zero attached hydrogens (tertiary/aromatic N) is 1. The van der Waals surface area contributed by atoms with Gasteiger partial charge in [-0.15, -0.1) is 0 Å². The van der Waals surface area contributed by atoms with Gasteiger partial charge < -0.3 is 10.4 Å². The number of hydrogen-bond donors (Lipinski definition) is 2. The van der Waals surface area contributed by atoms with E-state index in [2.05, 4.69) is 10.2 Å². The van der Waals surface area contributed by atoms with Crippen LogP contribution in [0.2, 0.25) is 0 Å². The van der Waals surface area contributed by atoms with Crippen molar-refractivity contribution in [2.24, 2.45) is 5.92 Å². The zero-order valence-electron chi connectivity index (χ0n) is 13.8. The van der Waals surface area contributed by atoms with Crippen molar-refractivity contribution in [1.82, 2.24) is 10.2 Å². The molecule has 2 N–H and O–H groups in total. The molecular weight excluding hydrogens is 276 g/mol. The highest BCUT2D eigenvalue weighted by atomic mass is 16.4. The van der Waals surface area contributed by atoms with Gasteiger partial charge >= 0.3 is 5.97 Å². The fraction of sp³-hybridized carbons (Fsp3) is 0.944. The molecule has 3 rings (SSSR count). The van der Waals surface area contributed by atoms with Crippen LogP contribution in [0.25, 0.3) is 0 Å². The maximum absolute atomic E-state index is 11.1. The van der Waals surface area contributed by atoms with Crippen LogP contribution in [0, 0.1) is 5.92 Å². The van der Waals surface area contributed by atoms with Crippen molar-refractivity contribution in [2.75, 3.05) is 13.1 Å². The van der Waals surface area contributed by atoms with E-state index < -0.39 is 5.97 Å². The molecule has 0 radical (unpaired) electrons. The summed E-state index contributed by atoms with van der Waals surface area (Å²) in [4.78, 5) is 13.3. The summed E-state index contributed by atoms with van der Waals surface area (Å²) in [6.45, 7) is 1.24. The Hall–Kier alpha value is -0.610. The van der Waals surface area contributed by atoms with Crippen molar-refractivity contribution in [3.8, 4) is 0 Å². The average Bonchev–Trinajstić information content (AvgIpc) is 3.17. The van der Waals surface area contributed by atoms with E-state index in [1.165, 1.54) is 57.8 Å². The molecular formula is C18H32N2O2. The standard InChI is InChI=1S/C18H32N2O2/c21-18(22)13-20(12-14-8-9-14)17-10-16(11-17)19-15-6-4-2-1-3-5-7-15/h14-17,19H,1-13H2,(H,21,22). The second-order valence-corrected chi connectivity index (χ2v) is 7.80. The minimum absolute atomic E-state index is 0.233. The number of nitrogens with one attached hydrogen (secondary N) is 1. The molecule has 0 aliphatic heterocycles. The van der Waals surface area contributed by atoms with Crippen LogP contribution in [0.15, 0.2) is 0 Å². The molecule has 0 unspecified atom stereocenters. The molecule has 126 valence electrons. The van der Waals surface area contributed by atoms with E-state index in [1.807, 2.05) is 0 Å². The van der Waals surface area contributed by atoms with Gasteiger partial charge in [0.1, 0.15) is 0 Å². The van der Waals surface area contributed by atoms with Crippen LogP contribution < -0.4 is 5.32 Å². The number of hydrogen-bond acceptors (Lipinski definition) is 3. The van der Waals surface area contributed by atoms with Crippen molar-refractivity contribution in [3.63, 3.8) is 0 Å². The Bertz CT molecular complexity index is 356. The molecule has 3 aliphatic rings. The van der Waals surface area contributed by atoms with Crippen LogP contribution >= 0.6 is 0 Å². The van der Waals surface area contributed by atoms with E-state index >= 15 is 0 Å². The van der Waals surface area contributed by atoms with Gasteiger partial charge in [0.15, 0.2) is 0 Å². The highest BCUT2D eigenvalue weighted by Crippen LogP contribution is 2.34. The number of rotatable bonds is 7. The predicted octanol–water partition coefficient (Wildman–Crippen LogP) is 3.02. The maximum atomic E-state index is 11.1. The third-order valence-corrected chi connectivity index (χ3v) is 5.73. The summed E-state index contributed by atoms with van der Waals surface area (Å²) in [5.41, 5.74) is 0. The van der Waals surface area contributed by atoms with E-state index in [0.29, 0.717) is 18.1 Å². The van der Waals surface area contributed by atoms with Gasteiger partial charge in [0.25, 0.3) is 0 Å². The highest BCUT2D eigenvalue weighted by molar-refractivity contribution is 5.69. The fourth-order valence-corrected chi connectivity index (χ4v) is 4.13. The first-order chi connectivity index (χ1) is 10.7. The molecule has 0 aromatic heterocycles. The number of carbonyl (C=O) groups is 1. The third kappa shape index (κ3) is 4.95. The molecule has 0 saturated heterocycles. The summed E-state index contributed by atoms with van der Waals surface area (Å²) in [5, 5.41) is 13.0. The summed E-state index contributed by atoms with van der Waals surface area (Å²) in [6, 6.07) is 1.84. The van der Waals surface area contributed by atoms with Gasteiger partial charge in [0, 0.05) is 24.7 Å². The number of carboxylic acid groups (broad SMARTS) is 1. The zero-order chi connectivity index (χ0) is 15.4. The van der Waals surface area contributed by atoms with Gasteiger partial charge in [-0.05, 0) is 44.4 Å². The van der Waals surface area contributed by atoms with Crippen molar-refractivity contribution < 1.29 is 9.90 Å². The molecule has 3 aliphatic carbocycles. The van der Waals surface area contributed by atoms with Crippen molar-refractivity contribution in [2.45, 2.75) is 88.8 Å². The quantitative estimate of drug-likeness (QED) is 0.759. The van der Waals surface area contributed by atoms with E-state index in [9.17, 15) is 4.79 Å². The normalized spacial score (nSPS) is 30.6. The minimum Gasteiger partial charge on any atom is -0.480 e. The molecule has 0 atom stereocenters. The summed E-state index contributed by atoms with van der Waals surface area (Å²) in [7, 11) is 0. The molecule has 22 heavy (non-hydrogen) atoms. The summed E-state index contributed by atoms with van der Waals surface area (Å²) >= 11 is 0. The molecule has 0 aromatic carbocycles. The van der Waals surface area contributed by atoms with Crippen molar-refractivity contribution in [1.29, 1.82) is 0 Å². The Morgan fingerprint density at radius 2 is 1.59 bits per heavy atom. The molecule has 0 aromatic rings. The fourth-order valence-electron chi connectivity index (χ4n) is 4.13. The maximum Gasteiger partial charge on any atom is 0.317 e. The predicted molar refractivity (Wildman–Crippen MR) is 88.0 cm³/mol. The molecule has 4 nitrogen and oxygen atoms in total. The topological polar surface area (TPSA) is 52.6 Å². The van der Waals surface area contributed by atoms with Crippen LogP contribution in [-0.4, -0.2) is 47.2 Å². The van der Waals surface area contributed by atoms with E-state index in [0.717, 1.165) is 25.3 Å². The molecule has 0 spiro atoms. The average molecular weight is 308 g/mol. The first kappa shape index (κ1) is 16.3. The summed E-state index contributed by atoms with van der Waals surface area (Å²) < 4.78 is 0. The molecule has 3 saturated carbocycles. The van der Waals surface area contributed by atoms with Gasteiger partial charge in [-0.1, -0.05) is 32.1 Å². The summed E-state index contributed by atoms with van der Waals surface area (Å²) in [6.07, 6.45) is 14.5. The lowest BCUT2D eigenvalue weighted by atomic mass is 9.83. The van der Waals surface area contributed by atoms with Crippen LogP contribution in [-0.2, 0) is 4.79 Å². The second kappa shape index (κ2) is 7.78. The Labute approximate surface area is 134 Å². The van der Waals surface area contributed by atoms with Gasteiger partial charge in [-0.2, -0.15) is 0 Å². The molecule has 3 fully saturated rings. The van der Waals surface area contributed by atoms with Crippen molar-refractivity contribution in [3.05, 3.63) is 0 Å². The lowest BCUT2D eigenvalue weighted by molar-refractivity contribution is -0.139. The van der Waals surface area contributed by atoms with Crippen LogP contribution in [0.4, 0.5) is 0 Å². The van der Waals surface area contributed by atoms with E-state index in [4.69, 9.17) is 5.11 Å². The van der Waals surface area contributed by atoms with Crippen LogP contribution in [0.1, 0.15) is 70.6 Å². The monoisotopic (exact) mass is 308 g/mol. The lowest BCUT2D eigenvalue weighted by Crippen LogP contribution is -2.56. The number of aliphatic carboxylic acids is 1. The first-order valence-electron chi connectivity index (χ1n) is 9.42. The van der Waals surface area contributed by atoms with E-state index in [1.54, 1.807) is 0 Å². The highest BCUT2D eigenvalue weighted by Gasteiger charge is 2.37. The Morgan fingerprint density at radius 3 is 2.18 bits per heavy atom. The molecule has 0 amide bonds. The molecule has 0 heterocycles. The summed E-state index contributed by atoms with van der Waals surface area (Å²) in [5.74, 6) is 0.106. The first-order valence-corrected chi connectivity index (χ1v) is 9.42. The van der Waals surface area contributed by atoms with Crippen molar-refractivity contribution >= 4 is 5.97 Å². The Morgan fingerprint density at radius 1 is 0.955 bits per heavy atom. The van der Waals surface area contributed by atoms with Gasteiger partial charge in [-0.3, -0.25) is 9.69 Å². The van der Waals surface area contributed by atoms with Gasteiger partial charge in [-0.25, -0.2) is 0 Å². The molecule has 0 bridgehead atoms. The number of carboxylic acids is 1. The largest absolute Gasteiger partial charge is 0.480 e. The zero-order valence-corrected chi connectivity index (χ0v) is 13.8. The van der Waals surface area contributed by atoms with E-state index in [-0.39, 0.29) is 6.54 Å². The van der Waals surface area contributed by atoms with Crippen LogP contribution in [0.5, 0.6) is 0 Å². The van der Waals surface area contributed by atoms with Gasteiger partial charge in [0.2, 0.25) is 0 Å². The minimum atomic E-state index is -0.669. The SMILES string of the molecule is O=C(O)CN(CC1CC1)C1CC(NC2CCCCCCC2)C1. The van der Waals surface area contributed by atoms with Gasteiger partial charge in [0.05, 0.1) is 6.54 Å². The smallest absolute Gasteiger partial charge is 0.317 e.